The third kappa shape index (κ3) is 4.01. The second-order valence-electron chi connectivity index (χ2n) is 6.02. The number of nitrogens with zero attached hydrogens (tertiary/aromatic N) is 4. The first kappa shape index (κ1) is 16.2. The first-order chi connectivity index (χ1) is 11.6. The molecular formula is C18H23N5O. The van der Waals surface area contributed by atoms with Gasteiger partial charge in [0.2, 0.25) is 11.9 Å². The lowest BCUT2D eigenvalue weighted by Gasteiger charge is -2.35. The monoisotopic (exact) mass is 325 g/mol. The van der Waals surface area contributed by atoms with Crippen molar-refractivity contribution in [2.45, 2.75) is 20.4 Å². The van der Waals surface area contributed by atoms with Gasteiger partial charge in [0.05, 0.1) is 0 Å². The van der Waals surface area contributed by atoms with Crippen molar-refractivity contribution in [2.75, 3.05) is 36.4 Å². The molecule has 1 aliphatic heterocycles. The highest BCUT2D eigenvalue weighted by molar-refractivity contribution is 5.73. The summed E-state index contributed by atoms with van der Waals surface area (Å²) in [5.74, 6) is 1.70. The molecule has 1 N–H and O–H groups in total. The van der Waals surface area contributed by atoms with Crippen molar-refractivity contribution in [3.05, 3.63) is 47.7 Å². The Bertz CT molecular complexity index is 696. The summed E-state index contributed by atoms with van der Waals surface area (Å²) in [5.41, 5.74) is 2.13. The highest BCUT2D eigenvalue weighted by atomic mass is 16.2. The van der Waals surface area contributed by atoms with E-state index in [1.165, 1.54) is 5.56 Å². The predicted octanol–water partition coefficient (Wildman–Crippen LogP) is 2.07. The fourth-order valence-corrected chi connectivity index (χ4v) is 2.82. The number of amides is 1. The quantitative estimate of drug-likeness (QED) is 0.932. The van der Waals surface area contributed by atoms with Crippen LogP contribution >= 0.6 is 0 Å². The predicted molar refractivity (Wildman–Crippen MR) is 95.0 cm³/mol. The third-order valence-corrected chi connectivity index (χ3v) is 4.18. The molecule has 6 nitrogen and oxygen atoms in total. The Balaban J connectivity index is 1.67. The topological polar surface area (TPSA) is 61.4 Å². The Kier molecular flexibility index (Phi) is 4.93. The molecular weight excluding hydrogens is 302 g/mol. The second kappa shape index (κ2) is 7.29. The molecule has 0 radical (unpaired) electrons. The minimum absolute atomic E-state index is 0.138. The van der Waals surface area contributed by atoms with Crippen molar-refractivity contribution >= 4 is 17.7 Å². The maximum atomic E-state index is 11.4. The van der Waals surface area contributed by atoms with Crippen LogP contribution in [0, 0.1) is 6.92 Å². The van der Waals surface area contributed by atoms with E-state index >= 15 is 0 Å². The Labute approximate surface area is 142 Å². The molecule has 126 valence electrons. The summed E-state index contributed by atoms with van der Waals surface area (Å²) in [4.78, 5) is 24.6. The van der Waals surface area contributed by atoms with Gasteiger partial charge in [0.1, 0.15) is 5.82 Å². The molecule has 1 aromatic carbocycles. The number of carbonyl (C=O) groups excluding carboxylic acids is 1. The van der Waals surface area contributed by atoms with Crippen LogP contribution in [0.25, 0.3) is 0 Å². The van der Waals surface area contributed by atoms with Gasteiger partial charge in [-0.1, -0.05) is 30.3 Å². The highest BCUT2D eigenvalue weighted by Crippen LogP contribution is 2.17. The molecule has 1 aromatic heterocycles. The van der Waals surface area contributed by atoms with E-state index in [2.05, 4.69) is 32.3 Å². The number of aromatic nitrogens is 2. The number of piperazine rings is 1. The average Bonchev–Trinajstić information content (AvgIpc) is 2.60. The Morgan fingerprint density at radius 3 is 2.50 bits per heavy atom. The standard InChI is InChI=1S/C18H23N5O/c1-14-12-17(23-10-8-22(9-11-23)15(2)24)21-18(20-14)19-13-16-6-4-3-5-7-16/h3-7,12H,8-11,13H2,1-2H3,(H,19,20,21). The number of aryl methyl sites for hydroxylation is 1. The zero-order valence-electron chi connectivity index (χ0n) is 14.2. The molecule has 0 atom stereocenters. The summed E-state index contributed by atoms with van der Waals surface area (Å²) in [6.45, 7) is 7.38. The van der Waals surface area contributed by atoms with E-state index in [0.29, 0.717) is 12.5 Å². The summed E-state index contributed by atoms with van der Waals surface area (Å²) in [5, 5.41) is 3.29. The van der Waals surface area contributed by atoms with Crippen molar-refractivity contribution in [3.8, 4) is 0 Å². The number of hydrogen-bond donors (Lipinski definition) is 1. The lowest BCUT2D eigenvalue weighted by molar-refractivity contribution is -0.129. The number of rotatable bonds is 4. The first-order valence-electron chi connectivity index (χ1n) is 8.26. The molecule has 1 amide bonds. The largest absolute Gasteiger partial charge is 0.353 e. The van der Waals surface area contributed by atoms with Crippen LogP contribution in [-0.4, -0.2) is 47.0 Å². The van der Waals surface area contributed by atoms with Crippen LogP contribution in [0.4, 0.5) is 11.8 Å². The number of carbonyl (C=O) groups is 1. The molecule has 3 rings (SSSR count). The van der Waals surface area contributed by atoms with E-state index in [1.54, 1.807) is 6.92 Å². The smallest absolute Gasteiger partial charge is 0.225 e. The molecule has 2 heterocycles. The molecule has 2 aromatic rings. The van der Waals surface area contributed by atoms with Crippen LogP contribution in [0.2, 0.25) is 0 Å². The third-order valence-electron chi connectivity index (χ3n) is 4.18. The van der Waals surface area contributed by atoms with Gasteiger partial charge in [-0.2, -0.15) is 4.98 Å². The minimum Gasteiger partial charge on any atom is -0.353 e. The molecule has 0 saturated carbocycles. The van der Waals surface area contributed by atoms with Crippen molar-refractivity contribution in [3.63, 3.8) is 0 Å². The Morgan fingerprint density at radius 2 is 1.83 bits per heavy atom. The van der Waals surface area contributed by atoms with Gasteiger partial charge < -0.3 is 15.1 Å². The molecule has 1 saturated heterocycles. The van der Waals surface area contributed by atoms with Crippen molar-refractivity contribution in [1.29, 1.82) is 0 Å². The van der Waals surface area contributed by atoms with Crippen LogP contribution in [-0.2, 0) is 11.3 Å². The average molecular weight is 325 g/mol. The van der Waals surface area contributed by atoms with E-state index in [-0.39, 0.29) is 5.91 Å². The summed E-state index contributed by atoms with van der Waals surface area (Å²) < 4.78 is 0. The minimum atomic E-state index is 0.138. The fraction of sp³-hybridized carbons (Fsp3) is 0.389. The van der Waals surface area contributed by atoms with Crippen molar-refractivity contribution < 1.29 is 4.79 Å². The fourth-order valence-electron chi connectivity index (χ4n) is 2.82. The lowest BCUT2D eigenvalue weighted by atomic mass is 10.2. The lowest BCUT2D eigenvalue weighted by Crippen LogP contribution is -2.48. The molecule has 0 aliphatic carbocycles. The van der Waals surface area contributed by atoms with Gasteiger partial charge >= 0.3 is 0 Å². The summed E-state index contributed by atoms with van der Waals surface area (Å²) in [6.07, 6.45) is 0. The molecule has 0 spiro atoms. The molecule has 0 bridgehead atoms. The van der Waals surface area contributed by atoms with Gasteiger partial charge in [-0.05, 0) is 12.5 Å². The van der Waals surface area contributed by atoms with Gasteiger partial charge in [0, 0.05) is 51.4 Å². The Hall–Kier alpha value is -2.63. The number of benzene rings is 1. The molecule has 0 unspecified atom stereocenters. The molecule has 6 heteroatoms. The maximum absolute atomic E-state index is 11.4. The summed E-state index contributed by atoms with van der Waals surface area (Å²) in [7, 11) is 0. The number of hydrogen-bond acceptors (Lipinski definition) is 5. The van der Waals surface area contributed by atoms with E-state index in [9.17, 15) is 4.79 Å². The van der Waals surface area contributed by atoms with Crippen LogP contribution < -0.4 is 10.2 Å². The van der Waals surface area contributed by atoms with E-state index in [4.69, 9.17) is 0 Å². The maximum Gasteiger partial charge on any atom is 0.225 e. The van der Waals surface area contributed by atoms with Gasteiger partial charge in [-0.25, -0.2) is 4.98 Å². The van der Waals surface area contributed by atoms with Gasteiger partial charge in [0.25, 0.3) is 0 Å². The van der Waals surface area contributed by atoms with Gasteiger partial charge in [0.15, 0.2) is 0 Å². The van der Waals surface area contributed by atoms with Crippen LogP contribution in [0.3, 0.4) is 0 Å². The highest BCUT2D eigenvalue weighted by Gasteiger charge is 2.20. The zero-order valence-corrected chi connectivity index (χ0v) is 14.2. The van der Waals surface area contributed by atoms with E-state index < -0.39 is 0 Å². The van der Waals surface area contributed by atoms with Crippen LogP contribution in [0.15, 0.2) is 36.4 Å². The van der Waals surface area contributed by atoms with E-state index in [1.807, 2.05) is 36.1 Å². The first-order valence-corrected chi connectivity index (χ1v) is 8.26. The summed E-state index contributed by atoms with van der Waals surface area (Å²) >= 11 is 0. The molecule has 1 aliphatic rings. The normalized spacial score (nSPS) is 14.6. The summed E-state index contributed by atoms with van der Waals surface area (Å²) in [6, 6.07) is 12.2. The Morgan fingerprint density at radius 1 is 1.12 bits per heavy atom. The van der Waals surface area contributed by atoms with Gasteiger partial charge in [-0.15, -0.1) is 0 Å². The molecule has 24 heavy (non-hydrogen) atoms. The van der Waals surface area contributed by atoms with Gasteiger partial charge in [-0.3, -0.25) is 4.79 Å². The zero-order chi connectivity index (χ0) is 16.9. The molecule has 1 fully saturated rings. The van der Waals surface area contributed by atoms with Crippen LogP contribution in [0.1, 0.15) is 18.2 Å². The van der Waals surface area contributed by atoms with Crippen molar-refractivity contribution in [2.24, 2.45) is 0 Å². The SMILES string of the molecule is CC(=O)N1CCN(c2cc(C)nc(NCc3ccccc3)n2)CC1. The van der Waals surface area contributed by atoms with Crippen LogP contribution in [0.5, 0.6) is 0 Å². The second-order valence-corrected chi connectivity index (χ2v) is 6.02. The number of nitrogens with one attached hydrogen (secondary N) is 1. The van der Waals surface area contributed by atoms with E-state index in [0.717, 1.165) is 37.7 Å². The number of anilines is 2. The van der Waals surface area contributed by atoms with Crippen molar-refractivity contribution in [1.82, 2.24) is 14.9 Å².